The molecule has 0 saturated carbocycles. The fourth-order valence-electron chi connectivity index (χ4n) is 2.38. The number of alkyl carbamates (subject to hydrolysis) is 1. The van der Waals surface area contributed by atoms with E-state index in [9.17, 15) is 9.59 Å². The second-order valence-electron chi connectivity index (χ2n) is 6.28. The second-order valence-corrected chi connectivity index (χ2v) is 6.28. The van der Waals surface area contributed by atoms with Crippen molar-refractivity contribution in [1.82, 2.24) is 10.6 Å². The van der Waals surface area contributed by atoms with Crippen LogP contribution in [-0.4, -0.2) is 30.9 Å². The molecule has 1 aliphatic rings. The van der Waals surface area contributed by atoms with Gasteiger partial charge in [-0.3, -0.25) is 4.79 Å². The molecule has 1 fully saturated rings. The Morgan fingerprint density at radius 1 is 1.27 bits per heavy atom. The molecule has 1 aromatic carbocycles. The summed E-state index contributed by atoms with van der Waals surface area (Å²) in [6, 6.07) is 7.46. The fourth-order valence-corrected chi connectivity index (χ4v) is 2.38. The molecular weight excluding hydrogens is 284 g/mol. The van der Waals surface area contributed by atoms with E-state index in [0.29, 0.717) is 6.42 Å². The number of amides is 2. The molecule has 6 nitrogen and oxygen atoms in total. The van der Waals surface area contributed by atoms with Crippen LogP contribution in [0.25, 0.3) is 0 Å². The molecule has 0 spiro atoms. The predicted octanol–water partition coefficient (Wildman–Crippen LogP) is 2.15. The minimum Gasteiger partial charge on any atom is -0.497 e. The molecular formula is C16H22N2O4. The molecule has 1 saturated heterocycles. The highest BCUT2D eigenvalue weighted by Gasteiger charge is 2.35. The van der Waals surface area contributed by atoms with Crippen LogP contribution in [0.15, 0.2) is 24.3 Å². The zero-order valence-corrected chi connectivity index (χ0v) is 13.3. The Morgan fingerprint density at radius 3 is 2.45 bits per heavy atom. The fraction of sp³-hybridized carbons (Fsp3) is 0.500. The lowest BCUT2D eigenvalue weighted by Crippen LogP contribution is -2.47. The van der Waals surface area contributed by atoms with Gasteiger partial charge in [0.1, 0.15) is 17.5 Å². The number of hydrogen-bond donors (Lipinski definition) is 2. The van der Waals surface area contributed by atoms with Crippen LogP contribution < -0.4 is 15.4 Å². The van der Waals surface area contributed by atoms with E-state index in [0.717, 1.165) is 11.3 Å². The third-order valence-corrected chi connectivity index (χ3v) is 3.34. The van der Waals surface area contributed by atoms with Crippen LogP contribution in [0.5, 0.6) is 5.75 Å². The van der Waals surface area contributed by atoms with Crippen molar-refractivity contribution in [3.8, 4) is 5.75 Å². The van der Waals surface area contributed by atoms with E-state index in [1.165, 1.54) is 0 Å². The Hall–Kier alpha value is -2.24. The van der Waals surface area contributed by atoms with Gasteiger partial charge in [-0.25, -0.2) is 4.79 Å². The Kier molecular flexibility index (Phi) is 4.59. The maximum atomic E-state index is 11.9. The Morgan fingerprint density at radius 2 is 1.91 bits per heavy atom. The van der Waals surface area contributed by atoms with Gasteiger partial charge in [0, 0.05) is 12.3 Å². The van der Waals surface area contributed by atoms with E-state index in [1.54, 1.807) is 27.9 Å². The first-order valence-electron chi connectivity index (χ1n) is 7.21. The van der Waals surface area contributed by atoms with Gasteiger partial charge in [-0.05, 0) is 38.5 Å². The summed E-state index contributed by atoms with van der Waals surface area (Å²) in [6.45, 7) is 5.38. The lowest BCUT2D eigenvalue weighted by Gasteiger charge is -2.24. The van der Waals surface area contributed by atoms with Crippen molar-refractivity contribution in [2.24, 2.45) is 0 Å². The van der Waals surface area contributed by atoms with Crippen molar-refractivity contribution in [2.75, 3.05) is 7.11 Å². The molecule has 1 aliphatic heterocycles. The van der Waals surface area contributed by atoms with Crippen molar-refractivity contribution in [2.45, 2.75) is 44.9 Å². The molecule has 2 amide bonds. The van der Waals surface area contributed by atoms with Gasteiger partial charge in [-0.15, -0.1) is 0 Å². The zero-order chi connectivity index (χ0) is 16.3. The van der Waals surface area contributed by atoms with Crippen molar-refractivity contribution in [3.05, 3.63) is 29.8 Å². The summed E-state index contributed by atoms with van der Waals surface area (Å²) >= 11 is 0. The number of benzene rings is 1. The standard InChI is InChI=1S/C16H22N2O4/c1-16(2,3)22-15(20)18-14-12(9-13(19)17-14)10-5-7-11(21-4)8-6-10/h5-8,12,14H,9H2,1-4H3,(H,17,19)(H,18,20). The van der Waals surface area contributed by atoms with Crippen molar-refractivity contribution >= 4 is 12.0 Å². The highest BCUT2D eigenvalue weighted by atomic mass is 16.6. The molecule has 1 aromatic rings. The SMILES string of the molecule is COc1ccc(C2CC(=O)NC2NC(=O)OC(C)(C)C)cc1. The molecule has 2 rings (SSSR count). The smallest absolute Gasteiger partial charge is 0.409 e. The first-order chi connectivity index (χ1) is 10.3. The minimum absolute atomic E-state index is 0.0955. The first kappa shape index (κ1) is 16.1. The number of nitrogens with one attached hydrogen (secondary N) is 2. The van der Waals surface area contributed by atoms with Crippen LogP contribution in [0.1, 0.15) is 38.7 Å². The lowest BCUT2D eigenvalue weighted by atomic mass is 9.95. The third-order valence-electron chi connectivity index (χ3n) is 3.34. The molecule has 1 heterocycles. The molecule has 2 N–H and O–H groups in total. The maximum Gasteiger partial charge on any atom is 0.409 e. The number of carbonyl (C=O) groups is 2. The molecule has 0 aliphatic carbocycles. The molecule has 0 bridgehead atoms. The Labute approximate surface area is 130 Å². The van der Waals surface area contributed by atoms with Gasteiger partial charge in [-0.2, -0.15) is 0 Å². The van der Waals surface area contributed by atoms with Crippen LogP contribution in [0.4, 0.5) is 4.79 Å². The molecule has 2 atom stereocenters. The summed E-state index contributed by atoms with van der Waals surface area (Å²) < 4.78 is 10.4. The quantitative estimate of drug-likeness (QED) is 0.897. The number of hydrogen-bond acceptors (Lipinski definition) is 4. The second kappa shape index (κ2) is 6.25. The monoisotopic (exact) mass is 306 g/mol. The number of ether oxygens (including phenoxy) is 2. The van der Waals surface area contributed by atoms with Crippen LogP contribution in [0.3, 0.4) is 0 Å². The topological polar surface area (TPSA) is 76.7 Å². The van der Waals surface area contributed by atoms with Gasteiger partial charge in [0.25, 0.3) is 0 Å². The van der Waals surface area contributed by atoms with Gasteiger partial charge in [0.05, 0.1) is 7.11 Å². The summed E-state index contributed by atoms with van der Waals surface area (Å²) in [4.78, 5) is 23.6. The van der Waals surface area contributed by atoms with E-state index < -0.39 is 17.9 Å². The van der Waals surface area contributed by atoms with Gasteiger partial charge < -0.3 is 20.1 Å². The average Bonchev–Trinajstić information content (AvgIpc) is 2.77. The van der Waals surface area contributed by atoms with Crippen LogP contribution >= 0.6 is 0 Å². The third kappa shape index (κ3) is 4.13. The highest BCUT2D eigenvalue weighted by Crippen LogP contribution is 2.28. The van der Waals surface area contributed by atoms with Crippen molar-refractivity contribution in [1.29, 1.82) is 0 Å². The summed E-state index contributed by atoms with van der Waals surface area (Å²) in [7, 11) is 1.60. The van der Waals surface area contributed by atoms with Gasteiger partial charge in [0.15, 0.2) is 0 Å². The van der Waals surface area contributed by atoms with E-state index in [-0.39, 0.29) is 11.8 Å². The van der Waals surface area contributed by atoms with Crippen molar-refractivity contribution < 1.29 is 19.1 Å². The van der Waals surface area contributed by atoms with Gasteiger partial charge in [-0.1, -0.05) is 12.1 Å². The van der Waals surface area contributed by atoms with Gasteiger partial charge >= 0.3 is 6.09 Å². The largest absolute Gasteiger partial charge is 0.497 e. The molecule has 120 valence electrons. The molecule has 0 aromatic heterocycles. The van der Waals surface area contributed by atoms with E-state index in [4.69, 9.17) is 9.47 Å². The summed E-state index contributed by atoms with van der Waals surface area (Å²) in [6.07, 6.45) is -0.693. The highest BCUT2D eigenvalue weighted by molar-refractivity contribution is 5.81. The van der Waals surface area contributed by atoms with E-state index in [1.807, 2.05) is 24.3 Å². The number of rotatable bonds is 3. The lowest BCUT2D eigenvalue weighted by molar-refractivity contribution is -0.119. The van der Waals surface area contributed by atoms with Crippen LogP contribution in [0, 0.1) is 0 Å². The normalized spacial score (nSPS) is 21.2. The van der Waals surface area contributed by atoms with E-state index >= 15 is 0 Å². The summed E-state index contributed by atoms with van der Waals surface area (Å²) in [5.74, 6) is 0.519. The number of carbonyl (C=O) groups excluding carboxylic acids is 2. The molecule has 2 unspecified atom stereocenters. The maximum absolute atomic E-state index is 11.9. The first-order valence-corrected chi connectivity index (χ1v) is 7.21. The van der Waals surface area contributed by atoms with Crippen LogP contribution in [-0.2, 0) is 9.53 Å². The Balaban J connectivity index is 2.08. The average molecular weight is 306 g/mol. The summed E-state index contributed by atoms with van der Waals surface area (Å²) in [5, 5.41) is 5.48. The minimum atomic E-state index is -0.581. The molecule has 6 heteroatoms. The molecule has 0 radical (unpaired) electrons. The van der Waals surface area contributed by atoms with Gasteiger partial charge in [0.2, 0.25) is 5.91 Å². The summed E-state index contributed by atoms with van der Waals surface area (Å²) in [5.41, 5.74) is 0.377. The van der Waals surface area contributed by atoms with Crippen molar-refractivity contribution in [3.63, 3.8) is 0 Å². The van der Waals surface area contributed by atoms with Crippen LogP contribution in [0.2, 0.25) is 0 Å². The zero-order valence-electron chi connectivity index (χ0n) is 13.3. The van der Waals surface area contributed by atoms with E-state index in [2.05, 4.69) is 10.6 Å². The Bertz CT molecular complexity index is 548. The number of methoxy groups -OCH3 is 1. The molecule has 22 heavy (non-hydrogen) atoms. The predicted molar refractivity (Wildman–Crippen MR) is 81.7 cm³/mol.